The number of carbonyl (C=O) groups is 2. The van der Waals surface area contributed by atoms with E-state index >= 15 is 0 Å². The molecule has 7 heteroatoms. The first-order valence-electron chi connectivity index (χ1n) is 10.3. The number of ether oxygens (including phenoxy) is 1. The monoisotopic (exact) mass is 439 g/mol. The quantitative estimate of drug-likeness (QED) is 0.589. The smallest absolute Gasteiger partial charge is 0.323 e. The lowest BCUT2D eigenvalue weighted by atomic mass is 10.1. The van der Waals surface area contributed by atoms with Crippen molar-refractivity contribution >= 4 is 34.4 Å². The number of methoxy groups -OCH3 is 1. The highest BCUT2D eigenvalue weighted by Gasteiger charge is 2.38. The summed E-state index contributed by atoms with van der Waals surface area (Å²) in [5.41, 5.74) is 4.93. The Morgan fingerprint density at radius 3 is 2.65 bits per heavy atom. The summed E-state index contributed by atoms with van der Waals surface area (Å²) in [7, 11) is 1.39. The summed E-state index contributed by atoms with van der Waals surface area (Å²) in [6.07, 6.45) is 0.510. The molecule has 2 aromatic carbocycles. The maximum Gasteiger partial charge on any atom is 0.323 e. The zero-order valence-electron chi connectivity index (χ0n) is 17.9. The number of nitrogens with zero attached hydrogens (tertiary/aromatic N) is 1. The number of esters is 1. The Kier molecular flexibility index (Phi) is 6.03. The number of benzene rings is 2. The van der Waals surface area contributed by atoms with Crippen LogP contribution in [-0.2, 0) is 16.1 Å². The molecule has 0 radical (unpaired) electrons. The van der Waals surface area contributed by atoms with Gasteiger partial charge in [-0.2, -0.15) is 0 Å². The van der Waals surface area contributed by atoms with E-state index < -0.39 is 6.04 Å². The van der Waals surface area contributed by atoms with Gasteiger partial charge in [0.15, 0.2) is 0 Å². The van der Waals surface area contributed by atoms with Gasteiger partial charge in [-0.15, -0.1) is 0 Å². The van der Waals surface area contributed by atoms with Crippen molar-refractivity contribution in [3.8, 4) is 0 Å². The molecular weight excluding hydrogens is 414 g/mol. The average Bonchev–Trinajstić information content (AvgIpc) is 3.28. The number of rotatable bonds is 5. The SMILES string of the molecule is COC(=O)[C@@H]1C[C@H](NC(=O)c2ccc3[nH]c(C)c(C)c3c2)CN1Cc1ccc(Cl)cc1. The molecule has 1 aromatic heterocycles. The Morgan fingerprint density at radius 2 is 1.94 bits per heavy atom. The van der Waals surface area contributed by atoms with Crippen LogP contribution < -0.4 is 5.32 Å². The molecule has 0 aliphatic carbocycles. The van der Waals surface area contributed by atoms with E-state index in [1.54, 1.807) is 0 Å². The predicted octanol–water partition coefficient (Wildman–Crippen LogP) is 3.98. The lowest BCUT2D eigenvalue weighted by Crippen LogP contribution is -2.37. The van der Waals surface area contributed by atoms with Crippen molar-refractivity contribution < 1.29 is 14.3 Å². The third-order valence-electron chi connectivity index (χ3n) is 6.08. The van der Waals surface area contributed by atoms with Crippen molar-refractivity contribution in [3.63, 3.8) is 0 Å². The van der Waals surface area contributed by atoms with Gasteiger partial charge in [-0.3, -0.25) is 14.5 Å². The zero-order chi connectivity index (χ0) is 22.1. The maximum atomic E-state index is 12.9. The van der Waals surface area contributed by atoms with Crippen LogP contribution in [0.3, 0.4) is 0 Å². The molecule has 0 spiro atoms. The van der Waals surface area contributed by atoms with Crippen LogP contribution in [0.4, 0.5) is 0 Å². The molecule has 2 N–H and O–H groups in total. The Hall–Kier alpha value is -2.83. The molecule has 1 fully saturated rings. The fraction of sp³-hybridized carbons (Fsp3) is 0.333. The second-order valence-electron chi connectivity index (χ2n) is 8.14. The molecule has 6 nitrogen and oxygen atoms in total. The molecule has 0 unspecified atom stereocenters. The Balaban J connectivity index is 1.49. The Bertz CT molecular complexity index is 1120. The van der Waals surface area contributed by atoms with Gasteiger partial charge >= 0.3 is 5.97 Å². The fourth-order valence-corrected chi connectivity index (χ4v) is 4.39. The molecule has 2 heterocycles. The van der Waals surface area contributed by atoms with E-state index in [9.17, 15) is 9.59 Å². The molecule has 31 heavy (non-hydrogen) atoms. The Morgan fingerprint density at radius 1 is 1.19 bits per heavy atom. The minimum absolute atomic E-state index is 0.137. The van der Waals surface area contributed by atoms with E-state index in [0.29, 0.717) is 30.1 Å². The first kappa shape index (κ1) is 21.4. The Labute approximate surface area is 186 Å². The molecule has 1 saturated heterocycles. The average molecular weight is 440 g/mol. The van der Waals surface area contributed by atoms with Gasteiger partial charge in [0.1, 0.15) is 6.04 Å². The highest BCUT2D eigenvalue weighted by molar-refractivity contribution is 6.30. The second kappa shape index (κ2) is 8.73. The lowest BCUT2D eigenvalue weighted by molar-refractivity contribution is -0.146. The molecule has 2 atom stereocenters. The topological polar surface area (TPSA) is 74.4 Å². The van der Waals surface area contributed by atoms with Gasteiger partial charge in [-0.25, -0.2) is 0 Å². The van der Waals surface area contributed by atoms with E-state index in [2.05, 4.69) is 10.3 Å². The summed E-state index contributed by atoms with van der Waals surface area (Å²) in [6, 6.07) is 12.7. The standard InChI is InChI=1S/C24H26ClN3O3/c1-14-15(2)26-21-9-6-17(10-20(14)21)23(29)27-19-11-22(24(30)31-3)28(13-19)12-16-4-7-18(25)8-5-16/h4-10,19,22,26H,11-13H2,1-3H3,(H,27,29)/t19-,22-/m0/s1. The van der Waals surface area contributed by atoms with Crippen LogP contribution >= 0.6 is 11.6 Å². The molecule has 1 aliphatic heterocycles. The van der Waals surface area contributed by atoms with E-state index in [4.69, 9.17) is 16.3 Å². The van der Waals surface area contributed by atoms with E-state index in [1.807, 2.05) is 61.2 Å². The van der Waals surface area contributed by atoms with Crippen molar-refractivity contribution in [2.45, 2.75) is 38.9 Å². The van der Waals surface area contributed by atoms with Gasteiger partial charge < -0.3 is 15.0 Å². The number of likely N-dealkylation sites (tertiary alicyclic amines) is 1. The highest BCUT2D eigenvalue weighted by atomic mass is 35.5. The number of hydrogen-bond donors (Lipinski definition) is 2. The minimum Gasteiger partial charge on any atom is -0.468 e. The first-order chi connectivity index (χ1) is 14.9. The number of halogens is 1. The van der Waals surface area contributed by atoms with Gasteiger partial charge in [0.2, 0.25) is 0 Å². The normalized spacial score (nSPS) is 19.0. The number of hydrogen-bond acceptors (Lipinski definition) is 4. The number of fused-ring (bicyclic) bond motifs is 1. The van der Waals surface area contributed by atoms with Crippen molar-refractivity contribution in [1.29, 1.82) is 0 Å². The van der Waals surface area contributed by atoms with Crippen molar-refractivity contribution in [3.05, 3.63) is 69.9 Å². The van der Waals surface area contributed by atoms with Crippen LogP contribution in [0.15, 0.2) is 42.5 Å². The van der Waals surface area contributed by atoms with Gasteiger partial charge in [-0.1, -0.05) is 23.7 Å². The van der Waals surface area contributed by atoms with Crippen molar-refractivity contribution in [1.82, 2.24) is 15.2 Å². The van der Waals surface area contributed by atoms with Crippen LogP contribution in [0.5, 0.6) is 0 Å². The fourth-order valence-electron chi connectivity index (χ4n) is 4.26. The summed E-state index contributed by atoms with van der Waals surface area (Å²) < 4.78 is 5.00. The molecule has 0 bridgehead atoms. The third kappa shape index (κ3) is 4.45. The first-order valence-corrected chi connectivity index (χ1v) is 10.7. The highest BCUT2D eigenvalue weighted by Crippen LogP contribution is 2.25. The number of H-pyrrole nitrogens is 1. The van der Waals surface area contributed by atoms with Crippen molar-refractivity contribution in [2.24, 2.45) is 0 Å². The van der Waals surface area contributed by atoms with Gasteiger partial charge in [0.25, 0.3) is 5.91 Å². The summed E-state index contributed by atoms with van der Waals surface area (Å²) >= 11 is 5.98. The number of amides is 1. The molecular formula is C24H26ClN3O3. The summed E-state index contributed by atoms with van der Waals surface area (Å²) in [6.45, 7) is 5.22. The number of aryl methyl sites for hydroxylation is 2. The second-order valence-corrected chi connectivity index (χ2v) is 8.57. The summed E-state index contributed by atoms with van der Waals surface area (Å²) in [4.78, 5) is 30.7. The molecule has 162 valence electrons. The van der Waals surface area contributed by atoms with Crippen LogP contribution in [0.25, 0.3) is 10.9 Å². The number of carbonyl (C=O) groups excluding carboxylic acids is 2. The van der Waals surface area contributed by atoms with Crippen LogP contribution in [-0.4, -0.2) is 47.5 Å². The maximum absolute atomic E-state index is 12.9. The summed E-state index contributed by atoms with van der Waals surface area (Å²) in [5, 5.41) is 4.82. The predicted molar refractivity (Wildman–Crippen MR) is 121 cm³/mol. The molecule has 1 amide bonds. The third-order valence-corrected chi connectivity index (χ3v) is 6.33. The molecule has 1 aliphatic rings. The van der Waals surface area contributed by atoms with Crippen molar-refractivity contribution in [2.75, 3.05) is 13.7 Å². The summed E-state index contributed by atoms with van der Waals surface area (Å²) in [5.74, 6) is -0.423. The van der Waals surface area contributed by atoms with E-state index in [1.165, 1.54) is 7.11 Å². The zero-order valence-corrected chi connectivity index (χ0v) is 18.6. The minimum atomic E-state index is -0.400. The lowest BCUT2D eigenvalue weighted by Gasteiger charge is -2.22. The molecule has 3 aromatic rings. The van der Waals surface area contributed by atoms with E-state index in [-0.39, 0.29) is 17.9 Å². The van der Waals surface area contributed by atoms with Crippen LogP contribution in [0.2, 0.25) is 5.02 Å². The molecule has 4 rings (SSSR count). The number of aromatic nitrogens is 1. The number of nitrogens with one attached hydrogen (secondary N) is 2. The van der Waals surface area contributed by atoms with Gasteiger partial charge in [-0.05, 0) is 61.7 Å². The van der Waals surface area contributed by atoms with Crippen LogP contribution in [0.1, 0.15) is 33.6 Å². The van der Waals surface area contributed by atoms with Crippen LogP contribution in [0, 0.1) is 13.8 Å². The van der Waals surface area contributed by atoms with Gasteiger partial charge in [0.05, 0.1) is 7.11 Å². The van der Waals surface area contributed by atoms with E-state index in [0.717, 1.165) is 27.7 Å². The van der Waals surface area contributed by atoms with Gasteiger partial charge in [0, 0.05) is 46.3 Å². The molecule has 0 saturated carbocycles. The largest absolute Gasteiger partial charge is 0.468 e. The number of aromatic amines is 1.